The number of aliphatic hydroxyl groups excluding tert-OH is 1. The molecular weight excluding hydrogens is 510 g/mol. The third-order valence-corrected chi connectivity index (χ3v) is 6.78. The van der Waals surface area contributed by atoms with E-state index in [0.717, 1.165) is 4.90 Å². The van der Waals surface area contributed by atoms with E-state index in [9.17, 15) is 24.6 Å². The Hall–Kier alpha value is -4.38. The van der Waals surface area contributed by atoms with Gasteiger partial charge < -0.3 is 36.4 Å². The number of hydrogen-bond donors (Lipinski definition) is 5. The molecule has 196 valence electrons. The zero-order valence-electron chi connectivity index (χ0n) is 19.3. The largest absolute Gasteiger partial charge is 0.477 e. The van der Waals surface area contributed by atoms with E-state index < -0.39 is 29.2 Å². The molecule has 2 atom stereocenters. The van der Waals surface area contributed by atoms with E-state index in [1.54, 1.807) is 21.6 Å². The molecule has 4 heterocycles. The van der Waals surface area contributed by atoms with Crippen LogP contribution in [0.15, 0.2) is 45.9 Å². The number of carboxylic acids is 1. The number of oxime groups is 1. The molecule has 7 N–H and O–H groups in total. The number of β-lactam (4-membered cyclic amide) rings is 1. The Morgan fingerprint density at radius 3 is 2.89 bits per heavy atom. The number of carbonyl (C=O) groups excluding carboxylic acids is 2. The van der Waals surface area contributed by atoms with Gasteiger partial charge in [-0.1, -0.05) is 23.0 Å². The van der Waals surface area contributed by atoms with Gasteiger partial charge in [0.15, 0.2) is 18.6 Å². The van der Waals surface area contributed by atoms with Crippen molar-refractivity contribution in [2.24, 2.45) is 5.16 Å². The van der Waals surface area contributed by atoms with Crippen molar-refractivity contribution in [1.82, 2.24) is 25.0 Å². The van der Waals surface area contributed by atoms with Gasteiger partial charge in [0, 0.05) is 11.3 Å². The number of aliphatic hydroxyl groups is 1. The summed E-state index contributed by atoms with van der Waals surface area (Å²) < 4.78 is 7.95. The molecule has 17 heteroatoms. The lowest BCUT2D eigenvalue weighted by Crippen LogP contribution is -2.71. The number of fused-ring (bicyclic) bond motifs is 1. The molecule has 0 aliphatic carbocycles. The number of hydrogen-bond acceptors (Lipinski definition) is 12. The first-order valence-corrected chi connectivity index (χ1v) is 11.9. The van der Waals surface area contributed by atoms with Crippen molar-refractivity contribution < 1.29 is 38.6 Å². The van der Waals surface area contributed by atoms with Crippen LogP contribution in [0.3, 0.4) is 0 Å². The van der Waals surface area contributed by atoms with Gasteiger partial charge >= 0.3 is 12.0 Å². The van der Waals surface area contributed by atoms with Crippen molar-refractivity contribution in [3.8, 4) is 0 Å². The first kappa shape index (κ1) is 25.7. The Bertz CT molecular complexity index is 1300. The molecule has 2 amide bonds. The predicted molar refractivity (Wildman–Crippen MR) is 127 cm³/mol. The van der Waals surface area contributed by atoms with Crippen molar-refractivity contribution in [2.45, 2.75) is 24.5 Å². The monoisotopic (exact) mass is 534 g/mol. The van der Waals surface area contributed by atoms with Gasteiger partial charge in [-0.2, -0.15) is 4.98 Å². The highest BCUT2D eigenvalue weighted by Crippen LogP contribution is 2.40. The average molecular weight is 535 g/mol. The molecule has 1 saturated heterocycles. The van der Waals surface area contributed by atoms with Crippen LogP contribution in [0.2, 0.25) is 0 Å². The lowest BCUT2D eigenvalue weighted by Gasteiger charge is -2.49. The van der Waals surface area contributed by atoms with Gasteiger partial charge in [0.05, 0.1) is 12.7 Å². The van der Waals surface area contributed by atoms with E-state index in [4.69, 9.17) is 16.3 Å². The van der Waals surface area contributed by atoms with Crippen LogP contribution in [0, 0.1) is 0 Å². The van der Waals surface area contributed by atoms with Gasteiger partial charge in [-0.3, -0.25) is 14.5 Å². The standard InChI is InChI=1S/C20H23N9O7S/c1-2-7-35-25-12(15-24-20(22)36-26-15)16(31)23-13-17(32)29-14(19(33)34)10(9-37-18(13)29)8-27-4-3-11(21)28(27)5-6-30/h2-4,13,18,21,30H,1,5-9H2,(H4,22,23,24,26,31,33,34)/p+1/t13-,18-/m1/s1. The number of amides is 2. The molecule has 2 aliphatic rings. The minimum atomic E-state index is -1.28. The minimum absolute atomic E-state index is 0.0143. The quantitative estimate of drug-likeness (QED) is 0.0510. The number of carboxylic acid groups (broad SMARTS) is 1. The molecule has 0 radical (unpaired) electrons. The van der Waals surface area contributed by atoms with Gasteiger partial charge in [-0.25, -0.2) is 4.79 Å². The number of carbonyl (C=O) groups is 3. The second kappa shape index (κ2) is 10.7. The van der Waals surface area contributed by atoms with E-state index in [1.807, 2.05) is 0 Å². The fourth-order valence-electron chi connectivity index (χ4n) is 3.85. The van der Waals surface area contributed by atoms with Crippen molar-refractivity contribution in [2.75, 3.05) is 30.4 Å². The summed E-state index contributed by atoms with van der Waals surface area (Å²) in [6.07, 6.45) is 3.06. The number of thioether (sulfide) groups is 1. The number of nitrogen functional groups attached to an aromatic ring is 2. The fraction of sp³-hybridized carbons (Fsp3) is 0.350. The highest BCUT2D eigenvalue weighted by Gasteiger charge is 2.55. The molecule has 0 unspecified atom stereocenters. The summed E-state index contributed by atoms with van der Waals surface area (Å²) in [6.45, 7) is 3.66. The molecular formula is C20H24N9O7S+. The molecule has 0 saturated carbocycles. The zero-order chi connectivity index (χ0) is 26.7. The molecule has 2 aliphatic heterocycles. The van der Waals surface area contributed by atoms with Crippen LogP contribution in [0.4, 0.5) is 11.8 Å². The number of nitrogens with two attached hydrogens (primary N) is 2. The van der Waals surface area contributed by atoms with Crippen LogP contribution in [-0.2, 0) is 32.3 Å². The first-order valence-electron chi connectivity index (χ1n) is 10.8. The van der Waals surface area contributed by atoms with Gasteiger partial charge in [0.25, 0.3) is 11.8 Å². The molecule has 0 aromatic carbocycles. The van der Waals surface area contributed by atoms with Crippen LogP contribution >= 0.6 is 11.8 Å². The summed E-state index contributed by atoms with van der Waals surface area (Å²) >= 11 is 1.29. The molecule has 37 heavy (non-hydrogen) atoms. The number of nitrogens with zero attached hydrogens (tertiary/aromatic N) is 6. The van der Waals surface area contributed by atoms with Crippen LogP contribution < -0.4 is 21.5 Å². The van der Waals surface area contributed by atoms with Gasteiger partial charge in [-0.05, 0) is 0 Å². The van der Waals surface area contributed by atoms with Crippen LogP contribution in [0.25, 0.3) is 0 Å². The minimum Gasteiger partial charge on any atom is -0.477 e. The zero-order valence-corrected chi connectivity index (χ0v) is 20.1. The van der Waals surface area contributed by atoms with Crippen molar-refractivity contribution >= 4 is 47.1 Å². The van der Waals surface area contributed by atoms with E-state index >= 15 is 0 Å². The summed E-state index contributed by atoms with van der Waals surface area (Å²) in [7, 11) is 0. The second-order valence-electron chi connectivity index (χ2n) is 7.78. The van der Waals surface area contributed by atoms with E-state index in [1.165, 1.54) is 17.8 Å². The highest BCUT2D eigenvalue weighted by molar-refractivity contribution is 8.00. The maximum atomic E-state index is 13.0. The van der Waals surface area contributed by atoms with Gasteiger partial charge in [0.2, 0.25) is 11.5 Å². The summed E-state index contributed by atoms with van der Waals surface area (Å²) in [6, 6.07) is 0.288. The van der Waals surface area contributed by atoms with Crippen molar-refractivity contribution in [3.05, 3.63) is 42.0 Å². The summed E-state index contributed by atoms with van der Waals surface area (Å²) in [4.78, 5) is 48.0. The third-order valence-electron chi connectivity index (χ3n) is 5.44. The van der Waals surface area contributed by atoms with Crippen molar-refractivity contribution in [3.63, 3.8) is 0 Å². The first-order chi connectivity index (χ1) is 17.8. The van der Waals surface area contributed by atoms with E-state index in [-0.39, 0.29) is 55.3 Å². The summed E-state index contributed by atoms with van der Waals surface area (Å²) in [5.41, 5.74) is 11.3. The molecule has 0 bridgehead atoms. The molecule has 2 aromatic heterocycles. The number of anilines is 2. The normalized spacial score (nSPS) is 19.3. The predicted octanol–water partition coefficient (Wildman–Crippen LogP) is -2.34. The van der Waals surface area contributed by atoms with E-state index in [0.29, 0.717) is 11.4 Å². The molecule has 16 nitrogen and oxygen atoms in total. The fourth-order valence-corrected chi connectivity index (χ4v) is 5.18. The third kappa shape index (κ3) is 4.98. The molecule has 0 spiro atoms. The Morgan fingerprint density at radius 1 is 1.46 bits per heavy atom. The van der Waals surface area contributed by atoms with Gasteiger partial charge in [-0.15, -0.1) is 21.1 Å². The number of nitrogens with one attached hydrogen (secondary N) is 1. The average Bonchev–Trinajstić information content (AvgIpc) is 3.45. The summed E-state index contributed by atoms with van der Waals surface area (Å²) in [5, 5.41) is 28.3. The van der Waals surface area contributed by atoms with E-state index in [2.05, 4.69) is 31.7 Å². The number of aliphatic carboxylic acids is 1. The smallest absolute Gasteiger partial charge is 0.352 e. The van der Waals surface area contributed by atoms with Crippen LogP contribution in [0.5, 0.6) is 0 Å². The SMILES string of the molecule is C=CCON=C(C(=O)N[C@@H]1C(=O)N2C(C(=O)O)=C(C[n+]3ccc(N)n3CCO)CS[C@H]12)c1noc(N)n1. The van der Waals surface area contributed by atoms with Crippen molar-refractivity contribution in [1.29, 1.82) is 0 Å². The lowest BCUT2D eigenvalue weighted by molar-refractivity contribution is -0.767. The van der Waals surface area contributed by atoms with Crippen LogP contribution in [0.1, 0.15) is 5.82 Å². The number of aromatic nitrogens is 4. The molecule has 4 rings (SSSR count). The maximum Gasteiger partial charge on any atom is 0.352 e. The highest BCUT2D eigenvalue weighted by atomic mass is 32.2. The van der Waals surface area contributed by atoms with Crippen LogP contribution in [-0.4, -0.2) is 83.8 Å². The number of rotatable bonds is 11. The topological polar surface area (TPSA) is 228 Å². The van der Waals surface area contributed by atoms with Gasteiger partial charge in [0.1, 0.15) is 30.3 Å². The lowest BCUT2D eigenvalue weighted by atomic mass is 10.0. The molecule has 2 aromatic rings. The Balaban J connectivity index is 1.54. The maximum absolute atomic E-state index is 13.0. The Kier molecular flexibility index (Phi) is 7.44. The Labute approximate surface area is 213 Å². The summed E-state index contributed by atoms with van der Waals surface area (Å²) in [5.74, 6) is -2.33. The Morgan fingerprint density at radius 2 is 2.24 bits per heavy atom. The molecule has 1 fully saturated rings. The second-order valence-corrected chi connectivity index (χ2v) is 8.89.